The Labute approximate surface area is 103 Å². The topological polar surface area (TPSA) is 51.2 Å². The maximum Gasteiger partial charge on any atom is 0.0935 e. The van der Waals surface area contributed by atoms with Gasteiger partial charge in [-0.15, -0.1) is 0 Å². The van der Waals surface area contributed by atoms with Gasteiger partial charge in [-0.05, 0) is 35.7 Å². The highest BCUT2D eigenvalue weighted by Gasteiger charge is 2.10. The molecule has 2 rings (SSSR count). The molecule has 1 atom stereocenters. The first-order chi connectivity index (χ1) is 7.79. The van der Waals surface area contributed by atoms with Crippen molar-refractivity contribution >= 4 is 15.9 Å². The van der Waals surface area contributed by atoms with Crippen molar-refractivity contribution in [1.29, 1.82) is 0 Å². The molecule has 1 aromatic carbocycles. The van der Waals surface area contributed by atoms with Crippen LogP contribution in [0.1, 0.15) is 17.2 Å². The monoisotopic (exact) mass is 280 g/mol. The number of halogens is 1. The third-order valence-electron chi connectivity index (χ3n) is 2.49. The van der Waals surface area contributed by atoms with Gasteiger partial charge in [0.15, 0.2) is 0 Å². The molecule has 1 heterocycles. The minimum Gasteiger partial charge on any atom is -0.472 e. The second-order valence-electron chi connectivity index (χ2n) is 3.61. The number of nitrogens with one attached hydrogen (secondary N) is 1. The Morgan fingerprint density at radius 1 is 1.25 bits per heavy atom. The van der Waals surface area contributed by atoms with Gasteiger partial charge >= 0.3 is 0 Å². The Bertz CT molecular complexity index is 425. The normalized spacial score (nSPS) is 12.6. The number of hydrogen-bond acceptors (Lipinski definition) is 3. The molecule has 0 aliphatic rings. The van der Waals surface area contributed by atoms with Crippen LogP contribution in [-0.2, 0) is 6.42 Å². The summed E-state index contributed by atoms with van der Waals surface area (Å²) in [5.74, 6) is 5.57. The number of hydrogen-bond donors (Lipinski definition) is 2. The van der Waals surface area contributed by atoms with E-state index in [0.29, 0.717) is 0 Å². The van der Waals surface area contributed by atoms with Crippen LogP contribution in [0, 0.1) is 0 Å². The number of nitrogens with two attached hydrogens (primary N) is 1. The largest absolute Gasteiger partial charge is 0.472 e. The minimum atomic E-state index is 0.102. The Morgan fingerprint density at radius 3 is 2.56 bits per heavy atom. The average Bonchev–Trinajstić information content (AvgIpc) is 2.80. The Balaban J connectivity index is 2.13. The zero-order valence-electron chi connectivity index (χ0n) is 8.69. The van der Waals surface area contributed by atoms with Gasteiger partial charge in [0.1, 0.15) is 0 Å². The zero-order chi connectivity index (χ0) is 11.4. The smallest absolute Gasteiger partial charge is 0.0935 e. The Hall–Kier alpha value is -1.10. The molecular formula is C12H13BrN2O. The Morgan fingerprint density at radius 2 is 2.00 bits per heavy atom. The first kappa shape index (κ1) is 11.4. The van der Waals surface area contributed by atoms with Crippen LogP contribution in [0.2, 0.25) is 0 Å². The molecule has 2 aromatic rings. The molecule has 0 fully saturated rings. The van der Waals surface area contributed by atoms with E-state index < -0.39 is 0 Å². The van der Waals surface area contributed by atoms with E-state index in [-0.39, 0.29) is 6.04 Å². The molecule has 0 radical (unpaired) electrons. The number of rotatable bonds is 4. The van der Waals surface area contributed by atoms with E-state index in [1.807, 2.05) is 18.2 Å². The molecule has 0 saturated heterocycles. The SMILES string of the molecule is NNC(Cc1ccoc1)c1ccc(Br)cc1. The predicted octanol–water partition coefficient (Wildman–Crippen LogP) is 2.79. The second-order valence-corrected chi connectivity index (χ2v) is 4.52. The van der Waals surface area contributed by atoms with Crippen LogP contribution in [0.3, 0.4) is 0 Å². The van der Waals surface area contributed by atoms with Crippen LogP contribution in [0.5, 0.6) is 0 Å². The highest BCUT2D eigenvalue weighted by Crippen LogP contribution is 2.20. The van der Waals surface area contributed by atoms with Gasteiger partial charge in [0.05, 0.1) is 18.6 Å². The summed E-state index contributed by atoms with van der Waals surface area (Å²) in [5.41, 5.74) is 5.11. The third kappa shape index (κ3) is 2.72. The number of furan rings is 1. The molecule has 84 valence electrons. The van der Waals surface area contributed by atoms with Crippen molar-refractivity contribution in [2.75, 3.05) is 0 Å². The van der Waals surface area contributed by atoms with Crippen molar-refractivity contribution < 1.29 is 4.42 Å². The molecule has 16 heavy (non-hydrogen) atoms. The molecule has 3 N–H and O–H groups in total. The van der Waals surface area contributed by atoms with E-state index in [9.17, 15) is 0 Å². The standard InChI is InChI=1S/C12H13BrN2O/c13-11-3-1-10(2-4-11)12(15-14)7-9-5-6-16-8-9/h1-6,8,12,15H,7,14H2. The van der Waals surface area contributed by atoms with Gasteiger partial charge in [-0.3, -0.25) is 11.3 Å². The molecule has 4 heteroatoms. The van der Waals surface area contributed by atoms with E-state index >= 15 is 0 Å². The van der Waals surface area contributed by atoms with E-state index in [0.717, 1.165) is 22.0 Å². The van der Waals surface area contributed by atoms with Crippen LogP contribution in [-0.4, -0.2) is 0 Å². The van der Waals surface area contributed by atoms with Crippen LogP contribution >= 0.6 is 15.9 Å². The lowest BCUT2D eigenvalue weighted by Gasteiger charge is -2.15. The number of hydrazine groups is 1. The molecule has 0 saturated carbocycles. The second kappa shape index (κ2) is 5.30. The maximum absolute atomic E-state index is 5.57. The van der Waals surface area contributed by atoms with Gasteiger partial charge in [-0.1, -0.05) is 28.1 Å². The van der Waals surface area contributed by atoms with Crippen LogP contribution in [0.15, 0.2) is 51.7 Å². The van der Waals surface area contributed by atoms with E-state index in [1.165, 1.54) is 0 Å². The first-order valence-corrected chi connectivity index (χ1v) is 5.81. The molecule has 1 unspecified atom stereocenters. The molecule has 3 nitrogen and oxygen atoms in total. The molecule has 1 aromatic heterocycles. The minimum absolute atomic E-state index is 0.102. The fraction of sp³-hybridized carbons (Fsp3) is 0.167. The van der Waals surface area contributed by atoms with Crippen molar-refractivity contribution in [3.8, 4) is 0 Å². The van der Waals surface area contributed by atoms with E-state index in [4.69, 9.17) is 10.3 Å². The zero-order valence-corrected chi connectivity index (χ0v) is 10.3. The molecule has 0 bridgehead atoms. The quantitative estimate of drug-likeness (QED) is 0.669. The van der Waals surface area contributed by atoms with Crippen molar-refractivity contribution in [3.63, 3.8) is 0 Å². The van der Waals surface area contributed by atoms with Gasteiger partial charge in [0, 0.05) is 4.47 Å². The Kier molecular flexibility index (Phi) is 3.77. The summed E-state index contributed by atoms with van der Waals surface area (Å²) in [6.45, 7) is 0. The van der Waals surface area contributed by atoms with Gasteiger partial charge in [0.2, 0.25) is 0 Å². The predicted molar refractivity (Wildman–Crippen MR) is 66.6 cm³/mol. The first-order valence-electron chi connectivity index (χ1n) is 5.02. The summed E-state index contributed by atoms with van der Waals surface area (Å²) in [5, 5.41) is 0. The van der Waals surface area contributed by atoms with Crippen molar-refractivity contribution in [3.05, 3.63) is 58.5 Å². The van der Waals surface area contributed by atoms with Crippen LogP contribution in [0.25, 0.3) is 0 Å². The molecule has 0 spiro atoms. The highest BCUT2D eigenvalue weighted by atomic mass is 79.9. The average molecular weight is 281 g/mol. The lowest BCUT2D eigenvalue weighted by molar-refractivity contribution is 0.536. The summed E-state index contributed by atoms with van der Waals surface area (Å²) in [4.78, 5) is 0. The molecule has 0 aliphatic heterocycles. The summed E-state index contributed by atoms with van der Waals surface area (Å²) in [6.07, 6.45) is 4.22. The third-order valence-corrected chi connectivity index (χ3v) is 3.02. The summed E-state index contributed by atoms with van der Waals surface area (Å²) in [7, 11) is 0. The maximum atomic E-state index is 5.57. The summed E-state index contributed by atoms with van der Waals surface area (Å²) in [6, 6.07) is 10.2. The van der Waals surface area contributed by atoms with Gasteiger partial charge in [0.25, 0.3) is 0 Å². The fourth-order valence-electron chi connectivity index (χ4n) is 1.61. The lowest BCUT2D eigenvalue weighted by atomic mass is 10.0. The van der Waals surface area contributed by atoms with Crippen LogP contribution in [0.4, 0.5) is 0 Å². The van der Waals surface area contributed by atoms with Gasteiger partial charge in [-0.25, -0.2) is 0 Å². The summed E-state index contributed by atoms with van der Waals surface area (Å²) < 4.78 is 6.10. The lowest BCUT2D eigenvalue weighted by Crippen LogP contribution is -2.29. The van der Waals surface area contributed by atoms with E-state index in [1.54, 1.807) is 12.5 Å². The molecular weight excluding hydrogens is 268 g/mol. The summed E-state index contributed by atoms with van der Waals surface area (Å²) >= 11 is 3.41. The van der Waals surface area contributed by atoms with Crippen LogP contribution < -0.4 is 11.3 Å². The fourth-order valence-corrected chi connectivity index (χ4v) is 1.88. The van der Waals surface area contributed by atoms with Crippen molar-refractivity contribution in [2.24, 2.45) is 5.84 Å². The molecule has 0 amide bonds. The van der Waals surface area contributed by atoms with E-state index in [2.05, 4.69) is 33.5 Å². The highest BCUT2D eigenvalue weighted by molar-refractivity contribution is 9.10. The van der Waals surface area contributed by atoms with Crippen molar-refractivity contribution in [1.82, 2.24) is 5.43 Å². The van der Waals surface area contributed by atoms with Gasteiger partial charge in [-0.2, -0.15) is 0 Å². The molecule has 0 aliphatic carbocycles. The van der Waals surface area contributed by atoms with Gasteiger partial charge < -0.3 is 4.42 Å². The number of benzene rings is 1. The van der Waals surface area contributed by atoms with Crippen molar-refractivity contribution in [2.45, 2.75) is 12.5 Å².